The first kappa shape index (κ1) is 11.0. The Balaban J connectivity index is 1.99. The van der Waals surface area contributed by atoms with E-state index in [2.05, 4.69) is 11.2 Å². The number of carbonyl (C=O) groups is 1. The fraction of sp³-hybridized carbons (Fsp3) is 0.200. The zero-order chi connectivity index (χ0) is 12.7. The lowest BCUT2D eigenvalue weighted by Crippen LogP contribution is -1.95. The quantitative estimate of drug-likeness (QED) is 0.716. The first-order valence-electron chi connectivity index (χ1n) is 5.97. The number of benzene rings is 1. The van der Waals surface area contributed by atoms with Gasteiger partial charge in [0, 0.05) is 36.4 Å². The van der Waals surface area contributed by atoms with Gasteiger partial charge in [-0.1, -0.05) is 17.7 Å². The average Bonchev–Trinajstić information content (AvgIpc) is 2.86. The second-order valence-corrected chi connectivity index (χ2v) is 4.78. The van der Waals surface area contributed by atoms with Crippen LogP contribution < -0.4 is 0 Å². The minimum Gasteiger partial charge on any atom is -0.289 e. The van der Waals surface area contributed by atoms with E-state index in [4.69, 9.17) is 0 Å². The summed E-state index contributed by atoms with van der Waals surface area (Å²) in [4.78, 5) is 12.3. The van der Waals surface area contributed by atoms with Gasteiger partial charge < -0.3 is 0 Å². The number of Topliss-reactive ketones (excluding diaryl/α,β-unsaturated/α-hetero) is 1. The fourth-order valence-electron chi connectivity index (χ4n) is 2.35. The van der Waals surface area contributed by atoms with Gasteiger partial charge in [-0.3, -0.25) is 9.48 Å². The molecule has 18 heavy (non-hydrogen) atoms. The molecule has 90 valence electrons. The maximum atomic E-state index is 12.3. The molecule has 0 saturated heterocycles. The Hall–Kier alpha value is -2.16. The monoisotopic (exact) mass is 238 g/mol. The molecule has 2 aromatic rings. The number of rotatable bonds is 1. The van der Waals surface area contributed by atoms with Crippen molar-refractivity contribution >= 4 is 11.9 Å². The van der Waals surface area contributed by atoms with E-state index in [9.17, 15) is 4.79 Å². The highest BCUT2D eigenvalue weighted by Crippen LogP contribution is 2.28. The summed E-state index contributed by atoms with van der Waals surface area (Å²) in [5, 5.41) is 4.11. The lowest BCUT2D eigenvalue weighted by atomic mass is 10.1. The normalized spacial score (nSPS) is 16.3. The molecule has 0 bridgehead atoms. The smallest absolute Gasteiger partial charge is 0.189 e. The number of allylic oxidation sites excluding steroid dienone is 1. The van der Waals surface area contributed by atoms with E-state index < -0.39 is 0 Å². The predicted octanol–water partition coefficient (Wildman–Crippen LogP) is 2.55. The lowest BCUT2D eigenvalue weighted by molar-refractivity contribution is 0.104. The van der Waals surface area contributed by atoms with Crippen LogP contribution in [0.3, 0.4) is 0 Å². The van der Waals surface area contributed by atoms with Gasteiger partial charge >= 0.3 is 0 Å². The van der Waals surface area contributed by atoms with Crippen LogP contribution in [-0.2, 0) is 13.5 Å². The molecule has 0 unspecified atom stereocenters. The van der Waals surface area contributed by atoms with Crippen molar-refractivity contribution in [3.63, 3.8) is 0 Å². The molecule has 3 nitrogen and oxygen atoms in total. The van der Waals surface area contributed by atoms with E-state index in [1.807, 2.05) is 38.4 Å². The summed E-state index contributed by atoms with van der Waals surface area (Å²) in [7, 11) is 1.87. The highest BCUT2D eigenvalue weighted by Gasteiger charge is 2.24. The van der Waals surface area contributed by atoms with E-state index in [-0.39, 0.29) is 5.78 Å². The predicted molar refractivity (Wildman–Crippen MR) is 70.4 cm³/mol. The topological polar surface area (TPSA) is 34.9 Å². The van der Waals surface area contributed by atoms with Crippen LogP contribution in [0.1, 0.15) is 27.0 Å². The molecule has 0 atom stereocenters. The minimum absolute atomic E-state index is 0.151. The highest BCUT2D eigenvalue weighted by atomic mass is 16.1. The van der Waals surface area contributed by atoms with Crippen LogP contribution in [0.25, 0.3) is 6.08 Å². The standard InChI is InChI=1S/C15H14N2O/c1-10-3-4-12-7-13(15(18)14(12)5-10)6-11-8-16-17(2)9-11/h3-6,8-9H,7H2,1-2H3/b13-6-. The molecule has 1 heterocycles. The Bertz CT molecular complexity index is 665. The number of aromatic nitrogens is 2. The largest absolute Gasteiger partial charge is 0.289 e. The summed E-state index contributed by atoms with van der Waals surface area (Å²) < 4.78 is 1.74. The van der Waals surface area contributed by atoms with Gasteiger partial charge in [0.05, 0.1) is 6.20 Å². The van der Waals surface area contributed by atoms with Crippen molar-refractivity contribution in [2.45, 2.75) is 13.3 Å². The number of nitrogens with zero attached hydrogens (tertiary/aromatic N) is 2. The molecule has 0 aliphatic heterocycles. The van der Waals surface area contributed by atoms with Gasteiger partial charge in [0.2, 0.25) is 0 Å². The van der Waals surface area contributed by atoms with Gasteiger partial charge in [-0.2, -0.15) is 5.10 Å². The Morgan fingerprint density at radius 2 is 2.22 bits per heavy atom. The first-order valence-corrected chi connectivity index (χ1v) is 5.97. The van der Waals surface area contributed by atoms with Gasteiger partial charge in [-0.15, -0.1) is 0 Å². The van der Waals surface area contributed by atoms with Crippen LogP contribution >= 0.6 is 0 Å². The molecule has 0 saturated carbocycles. The van der Waals surface area contributed by atoms with Gasteiger partial charge in [0.25, 0.3) is 0 Å². The van der Waals surface area contributed by atoms with E-state index in [0.717, 1.165) is 34.2 Å². The fourth-order valence-corrected chi connectivity index (χ4v) is 2.35. The minimum atomic E-state index is 0.151. The maximum Gasteiger partial charge on any atom is 0.189 e. The molecule has 0 fully saturated rings. The van der Waals surface area contributed by atoms with Crippen LogP contribution in [0.2, 0.25) is 0 Å². The molecule has 1 aliphatic carbocycles. The second kappa shape index (κ2) is 3.95. The average molecular weight is 238 g/mol. The van der Waals surface area contributed by atoms with Crippen LogP contribution in [0.15, 0.2) is 36.2 Å². The van der Waals surface area contributed by atoms with Gasteiger partial charge in [0.15, 0.2) is 5.78 Å². The zero-order valence-corrected chi connectivity index (χ0v) is 10.5. The van der Waals surface area contributed by atoms with E-state index in [1.165, 1.54) is 0 Å². The zero-order valence-electron chi connectivity index (χ0n) is 10.5. The highest BCUT2D eigenvalue weighted by molar-refractivity contribution is 6.15. The summed E-state index contributed by atoms with van der Waals surface area (Å²) in [6.07, 6.45) is 6.34. The maximum absolute atomic E-state index is 12.3. The van der Waals surface area contributed by atoms with Crippen LogP contribution in [0.5, 0.6) is 0 Å². The third-order valence-corrected chi connectivity index (χ3v) is 3.25. The van der Waals surface area contributed by atoms with Gasteiger partial charge in [-0.25, -0.2) is 0 Å². The van der Waals surface area contributed by atoms with Crippen molar-refractivity contribution in [2.75, 3.05) is 0 Å². The third kappa shape index (κ3) is 1.78. The molecule has 3 rings (SSSR count). The van der Waals surface area contributed by atoms with Crippen molar-refractivity contribution in [3.05, 3.63) is 58.4 Å². The molecule has 0 spiro atoms. The van der Waals surface area contributed by atoms with E-state index in [1.54, 1.807) is 10.9 Å². The number of hydrogen-bond acceptors (Lipinski definition) is 2. The van der Waals surface area contributed by atoms with Crippen LogP contribution in [0.4, 0.5) is 0 Å². The Morgan fingerprint density at radius 3 is 2.94 bits per heavy atom. The number of fused-ring (bicyclic) bond motifs is 1. The molecule has 1 aliphatic rings. The molecule has 0 radical (unpaired) electrons. The number of hydrogen-bond donors (Lipinski definition) is 0. The Labute approximate surface area is 106 Å². The Kier molecular flexibility index (Phi) is 2.40. The van der Waals surface area contributed by atoms with E-state index in [0.29, 0.717) is 0 Å². The van der Waals surface area contributed by atoms with E-state index >= 15 is 0 Å². The van der Waals surface area contributed by atoms with Crippen LogP contribution in [0, 0.1) is 6.92 Å². The molecular formula is C15H14N2O. The number of aryl methyl sites for hydroxylation is 2. The van der Waals surface area contributed by atoms with Gasteiger partial charge in [0.1, 0.15) is 0 Å². The molecule has 3 heteroatoms. The second-order valence-electron chi connectivity index (χ2n) is 4.78. The van der Waals surface area contributed by atoms with Crippen molar-refractivity contribution in [1.82, 2.24) is 9.78 Å². The van der Waals surface area contributed by atoms with Crippen molar-refractivity contribution in [1.29, 1.82) is 0 Å². The van der Waals surface area contributed by atoms with Crippen molar-refractivity contribution in [2.24, 2.45) is 7.05 Å². The summed E-state index contributed by atoms with van der Waals surface area (Å²) in [6, 6.07) is 6.08. The summed E-state index contributed by atoms with van der Waals surface area (Å²) in [6.45, 7) is 2.01. The van der Waals surface area contributed by atoms with Gasteiger partial charge in [-0.05, 0) is 24.6 Å². The number of carbonyl (C=O) groups excluding carboxylic acids is 1. The Morgan fingerprint density at radius 1 is 1.39 bits per heavy atom. The third-order valence-electron chi connectivity index (χ3n) is 3.25. The molecular weight excluding hydrogens is 224 g/mol. The summed E-state index contributed by atoms with van der Waals surface area (Å²) >= 11 is 0. The molecule has 0 amide bonds. The molecule has 1 aromatic heterocycles. The summed E-state index contributed by atoms with van der Waals surface area (Å²) in [5.74, 6) is 0.151. The number of ketones is 1. The lowest BCUT2D eigenvalue weighted by Gasteiger charge is -1.96. The SMILES string of the molecule is Cc1ccc2c(c1)C(=O)/C(=C\c1cnn(C)c1)C2. The first-order chi connectivity index (χ1) is 8.63. The molecule has 0 N–H and O–H groups in total. The van der Waals surface area contributed by atoms with Crippen molar-refractivity contribution < 1.29 is 4.79 Å². The van der Waals surface area contributed by atoms with Crippen molar-refractivity contribution in [3.8, 4) is 0 Å². The summed E-state index contributed by atoms with van der Waals surface area (Å²) in [5.41, 5.74) is 4.93. The van der Waals surface area contributed by atoms with Crippen LogP contribution in [-0.4, -0.2) is 15.6 Å². The molecule has 1 aromatic carbocycles.